The lowest BCUT2D eigenvalue weighted by atomic mass is 9.87. The van der Waals surface area contributed by atoms with E-state index in [4.69, 9.17) is 5.11 Å². The summed E-state index contributed by atoms with van der Waals surface area (Å²) in [6, 6.07) is 1.89. The van der Waals surface area contributed by atoms with Crippen LogP contribution in [0.25, 0.3) is 0 Å². The first-order valence-corrected chi connectivity index (χ1v) is 7.84. The lowest BCUT2D eigenvalue weighted by Gasteiger charge is -2.25. The number of nitrogens with one attached hydrogen (secondary N) is 1. The van der Waals surface area contributed by atoms with Crippen molar-refractivity contribution < 1.29 is 9.90 Å². The fourth-order valence-electron chi connectivity index (χ4n) is 2.14. The van der Waals surface area contributed by atoms with Gasteiger partial charge in [0.2, 0.25) is 0 Å². The van der Waals surface area contributed by atoms with Gasteiger partial charge in [-0.3, -0.25) is 0 Å². The molecule has 1 aromatic heterocycles. The molecule has 0 aliphatic heterocycles. The average Bonchev–Trinajstić information content (AvgIpc) is 2.77. The minimum atomic E-state index is -0.825. The normalized spacial score (nSPS) is 11.7. The van der Waals surface area contributed by atoms with Gasteiger partial charge in [-0.25, -0.2) is 4.79 Å². The highest BCUT2D eigenvalue weighted by Gasteiger charge is 2.17. The summed E-state index contributed by atoms with van der Waals surface area (Å²) in [5, 5.41) is 14.3. The van der Waals surface area contributed by atoms with Gasteiger partial charge in [0.05, 0.1) is 0 Å². The lowest BCUT2D eigenvalue weighted by molar-refractivity contribution is 0.0701. The van der Waals surface area contributed by atoms with Crippen LogP contribution in [0.4, 0.5) is 0 Å². The third-order valence-electron chi connectivity index (χ3n) is 3.32. The second-order valence-electron chi connectivity index (χ2n) is 5.80. The van der Waals surface area contributed by atoms with Crippen molar-refractivity contribution in [2.75, 3.05) is 6.54 Å². The number of carbonyl (C=O) groups is 1. The molecule has 0 bridgehead atoms. The van der Waals surface area contributed by atoms with Crippen LogP contribution in [0.15, 0.2) is 11.4 Å². The fourth-order valence-corrected chi connectivity index (χ4v) is 2.90. The minimum Gasteiger partial charge on any atom is -0.477 e. The molecule has 1 aromatic rings. The van der Waals surface area contributed by atoms with Crippen molar-refractivity contribution in [2.45, 2.75) is 53.0 Å². The predicted molar refractivity (Wildman–Crippen MR) is 80.9 cm³/mol. The van der Waals surface area contributed by atoms with Crippen molar-refractivity contribution in [3.63, 3.8) is 0 Å². The summed E-state index contributed by atoms with van der Waals surface area (Å²) < 4.78 is 0. The molecule has 3 nitrogen and oxygen atoms in total. The molecule has 0 saturated carbocycles. The van der Waals surface area contributed by atoms with Gasteiger partial charge in [-0.15, -0.1) is 11.3 Å². The highest BCUT2D eigenvalue weighted by molar-refractivity contribution is 7.12. The SMILES string of the molecule is CCCCCC(C)(C)CNCc1ccsc1C(=O)O. The summed E-state index contributed by atoms with van der Waals surface area (Å²) in [5.41, 5.74) is 1.16. The van der Waals surface area contributed by atoms with E-state index in [9.17, 15) is 4.79 Å². The summed E-state index contributed by atoms with van der Waals surface area (Å²) in [7, 11) is 0. The van der Waals surface area contributed by atoms with Crippen LogP contribution in [-0.2, 0) is 6.54 Å². The number of carboxylic acid groups (broad SMARTS) is 1. The number of hydrogen-bond acceptors (Lipinski definition) is 3. The number of thiophene rings is 1. The van der Waals surface area contributed by atoms with Gasteiger partial charge >= 0.3 is 5.97 Å². The van der Waals surface area contributed by atoms with Crippen molar-refractivity contribution in [1.82, 2.24) is 5.32 Å². The van der Waals surface area contributed by atoms with Crippen LogP contribution in [-0.4, -0.2) is 17.6 Å². The Labute approximate surface area is 120 Å². The van der Waals surface area contributed by atoms with Crippen molar-refractivity contribution in [3.8, 4) is 0 Å². The Morgan fingerprint density at radius 1 is 1.42 bits per heavy atom. The van der Waals surface area contributed by atoms with Crippen LogP contribution in [0.2, 0.25) is 0 Å². The number of hydrogen-bond donors (Lipinski definition) is 2. The highest BCUT2D eigenvalue weighted by Crippen LogP contribution is 2.23. The van der Waals surface area contributed by atoms with E-state index in [1.165, 1.54) is 37.0 Å². The quantitative estimate of drug-likeness (QED) is 0.670. The van der Waals surface area contributed by atoms with Gasteiger partial charge in [0.1, 0.15) is 4.88 Å². The number of unbranched alkanes of at least 4 members (excludes halogenated alkanes) is 2. The van der Waals surface area contributed by atoms with Crippen LogP contribution in [0.5, 0.6) is 0 Å². The summed E-state index contributed by atoms with van der Waals surface area (Å²) in [6.45, 7) is 8.31. The first kappa shape index (κ1) is 16.2. The van der Waals surface area contributed by atoms with E-state index in [2.05, 4.69) is 26.1 Å². The molecule has 0 unspecified atom stereocenters. The molecule has 0 amide bonds. The summed E-state index contributed by atoms with van der Waals surface area (Å²) >= 11 is 1.29. The molecule has 4 heteroatoms. The first-order chi connectivity index (χ1) is 8.96. The Bertz CT molecular complexity index is 399. The molecule has 1 heterocycles. The van der Waals surface area contributed by atoms with Gasteiger partial charge in [-0.05, 0) is 28.8 Å². The standard InChI is InChI=1S/C15H25NO2S/c1-4-5-6-8-15(2,3)11-16-10-12-7-9-19-13(12)14(17)18/h7,9,16H,4-6,8,10-11H2,1-3H3,(H,17,18). The lowest BCUT2D eigenvalue weighted by Crippen LogP contribution is -2.29. The molecule has 0 radical (unpaired) electrons. The van der Waals surface area contributed by atoms with E-state index >= 15 is 0 Å². The maximum Gasteiger partial charge on any atom is 0.346 e. The largest absolute Gasteiger partial charge is 0.477 e. The van der Waals surface area contributed by atoms with E-state index in [1.807, 2.05) is 11.4 Å². The van der Waals surface area contributed by atoms with Crippen LogP contribution in [0.1, 0.15) is 61.7 Å². The van der Waals surface area contributed by atoms with Crippen molar-refractivity contribution in [1.29, 1.82) is 0 Å². The fraction of sp³-hybridized carbons (Fsp3) is 0.667. The summed E-state index contributed by atoms with van der Waals surface area (Å²) in [6.07, 6.45) is 5.02. The molecule has 0 aliphatic rings. The summed E-state index contributed by atoms with van der Waals surface area (Å²) in [4.78, 5) is 11.5. The van der Waals surface area contributed by atoms with Crippen LogP contribution in [0.3, 0.4) is 0 Å². The van der Waals surface area contributed by atoms with Gasteiger partial charge in [0, 0.05) is 13.1 Å². The van der Waals surface area contributed by atoms with E-state index in [-0.39, 0.29) is 5.41 Å². The van der Waals surface area contributed by atoms with Crippen LogP contribution >= 0.6 is 11.3 Å². The molecule has 0 fully saturated rings. The first-order valence-electron chi connectivity index (χ1n) is 6.96. The molecule has 1 rings (SSSR count). The molecule has 2 N–H and O–H groups in total. The Kier molecular flexibility index (Phi) is 6.52. The molecule has 19 heavy (non-hydrogen) atoms. The van der Waals surface area contributed by atoms with E-state index in [0.29, 0.717) is 11.4 Å². The predicted octanol–water partition coefficient (Wildman–Crippen LogP) is 4.14. The second-order valence-corrected chi connectivity index (χ2v) is 6.72. The average molecular weight is 283 g/mol. The van der Waals surface area contributed by atoms with E-state index in [1.54, 1.807) is 0 Å². The van der Waals surface area contributed by atoms with Gasteiger partial charge in [-0.1, -0.05) is 40.0 Å². The van der Waals surface area contributed by atoms with Crippen molar-refractivity contribution in [2.24, 2.45) is 5.41 Å². The molecule has 0 aliphatic carbocycles. The van der Waals surface area contributed by atoms with E-state index in [0.717, 1.165) is 12.1 Å². The molecule has 0 saturated heterocycles. The third kappa shape index (κ3) is 5.74. The van der Waals surface area contributed by atoms with Gasteiger partial charge in [-0.2, -0.15) is 0 Å². The zero-order valence-corrected chi connectivity index (χ0v) is 13.0. The van der Waals surface area contributed by atoms with Gasteiger partial charge in [0.25, 0.3) is 0 Å². The molecule has 0 spiro atoms. The maximum atomic E-state index is 11.0. The van der Waals surface area contributed by atoms with Crippen molar-refractivity contribution in [3.05, 3.63) is 21.9 Å². The van der Waals surface area contributed by atoms with Crippen LogP contribution in [0, 0.1) is 5.41 Å². The van der Waals surface area contributed by atoms with Crippen LogP contribution < -0.4 is 5.32 Å². The van der Waals surface area contributed by atoms with E-state index < -0.39 is 5.97 Å². The van der Waals surface area contributed by atoms with Gasteiger partial charge < -0.3 is 10.4 Å². The Balaban J connectivity index is 2.36. The number of carboxylic acids is 1. The topological polar surface area (TPSA) is 49.3 Å². The number of aromatic carboxylic acids is 1. The number of rotatable bonds is 9. The molecule has 0 aromatic carbocycles. The molecule has 0 atom stereocenters. The monoisotopic (exact) mass is 283 g/mol. The summed E-state index contributed by atoms with van der Waals surface area (Å²) in [5.74, 6) is -0.825. The Morgan fingerprint density at radius 2 is 2.16 bits per heavy atom. The zero-order chi connectivity index (χ0) is 14.3. The molecular formula is C15H25NO2S. The molecular weight excluding hydrogens is 258 g/mol. The van der Waals surface area contributed by atoms with Gasteiger partial charge in [0.15, 0.2) is 0 Å². The Morgan fingerprint density at radius 3 is 2.79 bits per heavy atom. The molecule has 108 valence electrons. The highest BCUT2D eigenvalue weighted by atomic mass is 32.1. The second kappa shape index (κ2) is 7.65. The minimum absolute atomic E-state index is 0.272. The zero-order valence-electron chi connectivity index (χ0n) is 12.2. The smallest absolute Gasteiger partial charge is 0.346 e. The Hall–Kier alpha value is -0.870. The van der Waals surface area contributed by atoms with Crippen molar-refractivity contribution >= 4 is 17.3 Å². The third-order valence-corrected chi connectivity index (χ3v) is 4.26. The maximum absolute atomic E-state index is 11.0.